The molecule has 2 saturated carbocycles. The second-order valence-corrected chi connectivity index (χ2v) is 9.46. The predicted molar refractivity (Wildman–Crippen MR) is 132 cm³/mol. The number of hydrogen-bond acceptors (Lipinski definition) is 7. The van der Waals surface area contributed by atoms with Gasteiger partial charge in [0.1, 0.15) is 11.4 Å². The largest absolute Gasteiger partial charge is 0.349 e. The van der Waals surface area contributed by atoms with Crippen molar-refractivity contribution < 1.29 is 4.79 Å². The van der Waals surface area contributed by atoms with E-state index in [9.17, 15) is 4.79 Å². The molecule has 8 nitrogen and oxygen atoms in total. The molecule has 3 heterocycles. The van der Waals surface area contributed by atoms with Gasteiger partial charge in [-0.25, -0.2) is 4.98 Å². The molecule has 1 amide bonds. The number of amides is 1. The average Bonchev–Trinajstić information content (AvgIpc) is 3.62. The van der Waals surface area contributed by atoms with Gasteiger partial charge in [0.15, 0.2) is 0 Å². The monoisotopic (exact) mass is 455 g/mol. The normalized spacial score (nSPS) is 17.4. The third-order valence-electron chi connectivity index (χ3n) is 6.86. The van der Waals surface area contributed by atoms with Gasteiger partial charge in [-0.05, 0) is 74.0 Å². The van der Waals surface area contributed by atoms with E-state index < -0.39 is 0 Å². The highest BCUT2D eigenvalue weighted by Crippen LogP contribution is 2.36. The van der Waals surface area contributed by atoms with Gasteiger partial charge in [0.2, 0.25) is 5.95 Å². The van der Waals surface area contributed by atoms with Crippen LogP contribution in [0.1, 0.15) is 65.2 Å². The Kier molecular flexibility index (Phi) is 5.58. The zero-order valence-corrected chi connectivity index (χ0v) is 19.1. The first kappa shape index (κ1) is 21.0. The molecule has 34 heavy (non-hydrogen) atoms. The Morgan fingerprint density at radius 1 is 0.971 bits per heavy atom. The summed E-state index contributed by atoms with van der Waals surface area (Å²) in [5.74, 6) is 1.32. The molecule has 2 aliphatic carbocycles. The molecule has 2 fully saturated rings. The second-order valence-electron chi connectivity index (χ2n) is 9.46. The molecule has 0 saturated heterocycles. The van der Waals surface area contributed by atoms with E-state index in [0.29, 0.717) is 23.2 Å². The van der Waals surface area contributed by atoms with Crippen molar-refractivity contribution in [3.05, 3.63) is 65.1 Å². The Labute approximate surface area is 199 Å². The molecule has 0 spiro atoms. The van der Waals surface area contributed by atoms with Crippen LogP contribution in [-0.4, -0.2) is 33.4 Å². The van der Waals surface area contributed by atoms with Gasteiger partial charge < -0.3 is 21.3 Å². The van der Waals surface area contributed by atoms with Crippen LogP contribution in [0, 0.1) is 0 Å². The van der Waals surface area contributed by atoms with Crippen LogP contribution in [0.3, 0.4) is 0 Å². The third kappa shape index (κ3) is 4.59. The molecule has 0 radical (unpaired) electrons. The van der Waals surface area contributed by atoms with E-state index in [2.05, 4.69) is 49.4 Å². The van der Waals surface area contributed by atoms with Crippen molar-refractivity contribution in [2.75, 3.05) is 17.2 Å². The number of carbonyl (C=O) groups excluding carboxylic acids is 1. The van der Waals surface area contributed by atoms with E-state index in [1.165, 1.54) is 30.4 Å². The first-order valence-corrected chi connectivity index (χ1v) is 12.2. The first-order chi connectivity index (χ1) is 16.7. The Balaban J connectivity index is 1.28. The number of benzene rings is 1. The molecule has 0 unspecified atom stereocenters. The van der Waals surface area contributed by atoms with E-state index in [0.717, 1.165) is 49.4 Å². The summed E-state index contributed by atoms with van der Waals surface area (Å²) >= 11 is 0. The highest BCUT2D eigenvalue weighted by Gasteiger charge is 2.26. The van der Waals surface area contributed by atoms with E-state index in [4.69, 9.17) is 4.98 Å². The Morgan fingerprint density at radius 3 is 2.68 bits per heavy atom. The lowest BCUT2D eigenvalue weighted by Crippen LogP contribution is -2.26. The molecule has 2 aromatic heterocycles. The summed E-state index contributed by atoms with van der Waals surface area (Å²) in [6.07, 6.45) is 10.1. The number of hydrogen-bond donors (Lipinski definition) is 4. The summed E-state index contributed by atoms with van der Waals surface area (Å²) in [4.78, 5) is 26.6. The van der Waals surface area contributed by atoms with E-state index in [1.807, 2.05) is 18.3 Å². The topological polar surface area (TPSA) is 104 Å². The maximum Gasteiger partial charge on any atom is 0.256 e. The highest BCUT2D eigenvalue weighted by molar-refractivity contribution is 5.99. The van der Waals surface area contributed by atoms with Crippen LogP contribution in [0.15, 0.2) is 42.7 Å². The van der Waals surface area contributed by atoms with Crippen LogP contribution < -0.4 is 21.3 Å². The molecular weight excluding hydrogens is 426 g/mol. The van der Waals surface area contributed by atoms with Crippen LogP contribution in [-0.2, 0) is 13.0 Å². The summed E-state index contributed by atoms with van der Waals surface area (Å²) in [7, 11) is 0. The molecule has 3 aliphatic rings. The number of fused-ring (bicyclic) bond motifs is 1. The van der Waals surface area contributed by atoms with Crippen molar-refractivity contribution in [1.29, 1.82) is 0 Å². The van der Waals surface area contributed by atoms with Gasteiger partial charge in [-0.1, -0.05) is 12.5 Å². The number of rotatable bonds is 7. The van der Waals surface area contributed by atoms with Crippen molar-refractivity contribution in [2.24, 2.45) is 0 Å². The molecule has 3 aromatic rings. The van der Waals surface area contributed by atoms with E-state index in [-0.39, 0.29) is 11.9 Å². The van der Waals surface area contributed by atoms with E-state index in [1.54, 1.807) is 6.20 Å². The summed E-state index contributed by atoms with van der Waals surface area (Å²) in [5.41, 5.74) is 6.02. The lowest BCUT2D eigenvalue weighted by Gasteiger charge is -2.25. The van der Waals surface area contributed by atoms with Gasteiger partial charge in [-0.15, -0.1) is 0 Å². The van der Waals surface area contributed by atoms with Crippen LogP contribution in [0.25, 0.3) is 0 Å². The van der Waals surface area contributed by atoms with Crippen LogP contribution in [0.5, 0.6) is 0 Å². The summed E-state index contributed by atoms with van der Waals surface area (Å²) in [5, 5.41) is 13.1. The minimum atomic E-state index is -0.147. The molecule has 4 N–H and O–H groups in total. The maximum atomic E-state index is 12.9. The molecule has 0 atom stereocenters. The molecule has 6 rings (SSSR count). The number of nitrogens with one attached hydrogen (secondary N) is 4. The fourth-order valence-electron chi connectivity index (χ4n) is 4.47. The molecule has 1 aliphatic heterocycles. The van der Waals surface area contributed by atoms with Crippen LogP contribution >= 0.6 is 0 Å². The molecule has 1 aromatic carbocycles. The number of carbonyl (C=O) groups is 1. The minimum Gasteiger partial charge on any atom is -0.349 e. The van der Waals surface area contributed by atoms with Gasteiger partial charge in [0.05, 0.1) is 0 Å². The SMILES string of the molecule is O=C(NC1CC1)c1cnc(Nc2ccc3c(c2)CCNC3)nc1Nc1ccnc(C2CCC2)c1. The highest BCUT2D eigenvalue weighted by atomic mass is 16.1. The number of aromatic nitrogens is 3. The van der Waals surface area contributed by atoms with Crippen molar-refractivity contribution >= 4 is 29.0 Å². The van der Waals surface area contributed by atoms with Gasteiger partial charge in [-0.3, -0.25) is 9.78 Å². The first-order valence-electron chi connectivity index (χ1n) is 12.2. The van der Waals surface area contributed by atoms with Gasteiger partial charge in [0, 0.05) is 48.0 Å². The van der Waals surface area contributed by atoms with E-state index >= 15 is 0 Å². The van der Waals surface area contributed by atoms with Crippen molar-refractivity contribution in [2.45, 2.75) is 57.0 Å². The van der Waals surface area contributed by atoms with Crippen LogP contribution in [0.4, 0.5) is 23.1 Å². The third-order valence-corrected chi connectivity index (χ3v) is 6.86. The molecule has 0 bridgehead atoms. The smallest absolute Gasteiger partial charge is 0.256 e. The molecule has 8 heteroatoms. The zero-order valence-electron chi connectivity index (χ0n) is 19.1. The quantitative estimate of drug-likeness (QED) is 0.424. The van der Waals surface area contributed by atoms with Crippen molar-refractivity contribution in [1.82, 2.24) is 25.6 Å². The second kappa shape index (κ2) is 9.02. The van der Waals surface area contributed by atoms with Gasteiger partial charge in [-0.2, -0.15) is 4.98 Å². The summed E-state index contributed by atoms with van der Waals surface area (Å²) in [6.45, 7) is 1.89. The average molecular weight is 456 g/mol. The zero-order chi connectivity index (χ0) is 22.9. The number of nitrogens with zero attached hydrogens (tertiary/aromatic N) is 3. The fraction of sp³-hybridized carbons (Fsp3) is 0.385. The minimum absolute atomic E-state index is 0.147. The lowest BCUT2D eigenvalue weighted by molar-refractivity contribution is 0.0951. The van der Waals surface area contributed by atoms with Crippen molar-refractivity contribution in [3.63, 3.8) is 0 Å². The predicted octanol–water partition coefficient (Wildman–Crippen LogP) is 4.16. The van der Waals surface area contributed by atoms with Crippen molar-refractivity contribution in [3.8, 4) is 0 Å². The maximum absolute atomic E-state index is 12.9. The summed E-state index contributed by atoms with van der Waals surface area (Å²) in [6, 6.07) is 10.6. The molecular formula is C26H29N7O. The van der Waals surface area contributed by atoms with Gasteiger partial charge in [0.25, 0.3) is 5.91 Å². The number of anilines is 4. The Morgan fingerprint density at radius 2 is 1.85 bits per heavy atom. The lowest BCUT2D eigenvalue weighted by atomic mass is 9.82. The fourth-order valence-corrected chi connectivity index (χ4v) is 4.47. The number of pyridine rings is 1. The summed E-state index contributed by atoms with van der Waals surface area (Å²) < 4.78 is 0. The van der Waals surface area contributed by atoms with Crippen LogP contribution in [0.2, 0.25) is 0 Å². The Bertz CT molecular complexity index is 1220. The molecule has 174 valence electrons. The Hall–Kier alpha value is -3.52. The standard InChI is InChI=1S/C26H29N7O/c34-25(31-19-6-7-19)22-15-29-26(32-20-5-4-18-14-27-10-8-17(18)12-20)33-24(22)30-21-9-11-28-23(13-21)16-2-1-3-16/h4-5,9,11-13,15-16,19,27H,1-3,6-8,10,14H2,(H,31,34)(H2,28,29,30,32,33). The van der Waals surface area contributed by atoms with Gasteiger partial charge >= 0.3 is 0 Å².